The van der Waals surface area contributed by atoms with Crippen LogP contribution < -0.4 is 0 Å². The third-order valence-electron chi connectivity index (χ3n) is 2.34. The molecule has 1 heterocycles. The number of halogens is 2. The number of hydrogen-bond donors (Lipinski definition) is 0. The van der Waals surface area contributed by atoms with Crippen molar-refractivity contribution in [3.8, 4) is 0 Å². The third kappa shape index (κ3) is 2.84. The van der Waals surface area contributed by atoms with Gasteiger partial charge in [-0.25, -0.2) is 0 Å². The van der Waals surface area contributed by atoms with Crippen LogP contribution in [0, 0.1) is 0 Å². The molecule has 0 aliphatic heterocycles. The molecule has 0 radical (unpaired) electrons. The van der Waals surface area contributed by atoms with Crippen LogP contribution in [0.4, 0.5) is 0 Å². The Kier molecular flexibility index (Phi) is 3.77. The average Bonchev–Trinajstić information content (AvgIpc) is 2.39. The van der Waals surface area contributed by atoms with Gasteiger partial charge in [0.15, 0.2) is 5.78 Å². The van der Waals surface area contributed by atoms with Crippen LogP contribution in [0.25, 0.3) is 0 Å². The van der Waals surface area contributed by atoms with Gasteiger partial charge in [0.05, 0.1) is 0 Å². The summed E-state index contributed by atoms with van der Waals surface area (Å²) < 4.78 is 0. The maximum absolute atomic E-state index is 12.1. The fourth-order valence-electron chi connectivity index (χ4n) is 1.44. The third-order valence-corrected chi connectivity index (χ3v) is 3.04. The molecule has 0 fully saturated rings. The van der Waals surface area contributed by atoms with Crippen molar-refractivity contribution in [2.45, 2.75) is 5.38 Å². The van der Waals surface area contributed by atoms with Crippen molar-refractivity contribution in [3.63, 3.8) is 0 Å². The van der Waals surface area contributed by atoms with E-state index >= 15 is 0 Å². The Labute approximate surface area is 109 Å². The number of alkyl halides is 1. The first kappa shape index (κ1) is 12.1. The number of Topliss-reactive ketones (excluding diaryl/α,β-unsaturated/α-hetero) is 1. The van der Waals surface area contributed by atoms with Gasteiger partial charge >= 0.3 is 0 Å². The highest BCUT2D eigenvalue weighted by Crippen LogP contribution is 2.24. The summed E-state index contributed by atoms with van der Waals surface area (Å²) in [7, 11) is 0. The molecule has 2 rings (SSSR count). The second-order valence-corrected chi connectivity index (χ2v) is 4.39. The Morgan fingerprint density at radius 3 is 2.47 bits per heavy atom. The van der Waals surface area contributed by atoms with Crippen molar-refractivity contribution in [1.82, 2.24) is 4.98 Å². The van der Waals surface area contributed by atoms with Crippen LogP contribution in [0.2, 0.25) is 5.02 Å². The van der Waals surface area contributed by atoms with Crippen molar-refractivity contribution in [3.05, 3.63) is 64.9 Å². The first-order chi connectivity index (χ1) is 8.18. The monoisotopic (exact) mass is 265 g/mol. The van der Waals surface area contributed by atoms with Gasteiger partial charge in [0.1, 0.15) is 5.38 Å². The van der Waals surface area contributed by atoms with Gasteiger partial charge in [-0.15, -0.1) is 11.6 Å². The van der Waals surface area contributed by atoms with E-state index in [2.05, 4.69) is 4.98 Å². The normalized spacial score (nSPS) is 12.1. The van der Waals surface area contributed by atoms with Gasteiger partial charge in [-0.1, -0.05) is 17.7 Å². The highest BCUT2D eigenvalue weighted by Gasteiger charge is 2.19. The molecule has 0 saturated heterocycles. The number of hydrogen-bond acceptors (Lipinski definition) is 2. The van der Waals surface area contributed by atoms with Gasteiger partial charge in [-0.05, 0) is 35.9 Å². The van der Waals surface area contributed by atoms with Crippen LogP contribution in [0.1, 0.15) is 21.3 Å². The summed E-state index contributed by atoms with van der Waals surface area (Å²) in [5, 5.41) is -0.126. The topological polar surface area (TPSA) is 30.0 Å². The van der Waals surface area contributed by atoms with Crippen molar-refractivity contribution >= 4 is 29.0 Å². The van der Waals surface area contributed by atoms with Crippen LogP contribution in [-0.4, -0.2) is 10.8 Å². The highest BCUT2D eigenvalue weighted by molar-refractivity contribution is 6.34. The molecular formula is C13H9Cl2NO. The number of carbonyl (C=O) groups is 1. The second kappa shape index (κ2) is 5.30. The zero-order valence-corrected chi connectivity index (χ0v) is 10.3. The molecular weight excluding hydrogens is 257 g/mol. The first-order valence-corrected chi connectivity index (χ1v) is 5.83. The molecule has 0 saturated carbocycles. The first-order valence-electron chi connectivity index (χ1n) is 5.02. The number of aromatic nitrogens is 1. The summed E-state index contributed by atoms with van der Waals surface area (Å²) in [5.41, 5.74) is 1.23. The SMILES string of the molecule is O=C(c1ccc(Cl)cc1)C(Cl)c1cccnc1. The standard InChI is InChI=1S/C13H9Cl2NO/c14-11-5-3-9(4-6-11)13(17)12(15)10-2-1-7-16-8-10/h1-8,12H. The van der Waals surface area contributed by atoms with Crippen molar-refractivity contribution in [1.29, 1.82) is 0 Å². The van der Waals surface area contributed by atoms with Gasteiger partial charge in [0, 0.05) is 23.0 Å². The van der Waals surface area contributed by atoms with Gasteiger partial charge in [-0.2, -0.15) is 0 Å². The Balaban J connectivity index is 2.23. The van der Waals surface area contributed by atoms with Crippen LogP contribution in [0.5, 0.6) is 0 Å². The molecule has 4 heteroatoms. The fraction of sp³-hybridized carbons (Fsp3) is 0.0769. The van der Waals surface area contributed by atoms with Crippen LogP contribution in [-0.2, 0) is 0 Å². The zero-order chi connectivity index (χ0) is 12.3. The zero-order valence-electron chi connectivity index (χ0n) is 8.81. The largest absolute Gasteiger partial charge is 0.292 e. The lowest BCUT2D eigenvalue weighted by molar-refractivity contribution is 0.0987. The second-order valence-electron chi connectivity index (χ2n) is 3.52. The summed E-state index contributed by atoms with van der Waals surface area (Å²) in [6, 6.07) is 10.2. The smallest absolute Gasteiger partial charge is 0.185 e. The molecule has 2 nitrogen and oxygen atoms in total. The van der Waals surface area contributed by atoms with Crippen molar-refractivity contribution < 1.29 is 4.79 Å². The van der Waals surface area contributed by atoms with Gasteiger partial charge in [-0.3, -0.25) is 9.78 Å². The predicted molar refractivity (Wildman–Crippen MR) is 68.6 cm³/mol. The van der Waals surface area contributed by atoms with E-state index in [0.29, 0.717) is 16.1 Å². The Hall–Kier alpha value is -1.38. The summed E-state index contributed by atoms with van der Waals surface area (Å²) in [6.07, 6.45) is 3.23. The van der Waals surface area contributed by atoms with Crippen LogP contribution in [0.15, 0.2) is 48.8 Å². The van der Waals surface area contributed by atoms with Crippen LogP contribution >= 0.6 is 23.2 Å². The van der Waals surface area contributed by atoms with Gasteiger partial charge in [0.25, 0.3) is 0 Å². The van der Waals surface area contributed by atoms with E-state index in [1.807, 2.05) is 0 Å². The summed E-state index contributed by atoms with van der Waals surface area (Å²) in [5.74, 6) is -0.156. The van der Waals surface area contributed by atoms with E-state index < -0.39 is 5.38 Å². The molecule has 1 unspecified atom stereocenters. The van der Waals surface area contributed by atoms with Gasteiger partial charge in [0.2, 0.25) is 0 Å². The minimum atomic E-state index is -0.718. The van der Waals surface area contributed by atoms with Crippen LogP contribution in [0.3, 0.4) is 0 Å². The van der Waals surface area contributed by atoms with E-state index in [0.717, 1.165) is 0 Å². The molecule has 2 aromatic rings. The maximum atomic E-state index is 12.1. The van der Waals surface area contributed by atoms with E-state index in [9.17, 15) is 4.79 Å². The molecule has 0 N–H and O–H groups in total. The summed E-state index contributed by atoms with van der Waals surface area (Å²) >= 11 is 11.9. The van der Waals surface area contributed by atoms with E-state index in [4.69, 9.17) is 23.2 Å². The summed E-state index contributed by atoms with van der Waals surface area (Å²) in [6.45, 7) is 0. The molecule has 86 valence electrons. The van der Waals surface area contributed by atoms with E-state index in [-0.39, 0.29) is 5.78 Å². The molecule has 0 spiro atoms. The lowest BCUT2D eigenvalue weighted by atomic mass is 10.0. The van der Waals surface area contributed by atoms with Crippen molar-refractivity contribution in [2.75, 3.05) is 0 Å². The fourth-order valence-corrected chi connectivity index (χ4v) is 1.82. The maximum Gasteiger partial charge on any atom is 0.185 e. The Bertz CT molecular complexity index is 511. The van der Waals surface area contributed by atoms with E-state index in [1.54, 1.807) is 48.8 Å². The minimum Gasteiger partial charge on any atom is -0.292 e. The number of rotatable bonds is 3. The Morgan fingerprint density at radius 2 is 1.88 bits per heavy atom. The molecule has 1 atom stereocenters. The lowest BCUT2D eigenvalue weighted by Crippen LogP contribution is -2.07. The number of carbonyl (C=O) groups excluding carboxylic acids is 1. The molecule has 1 aromatic heterocycles. The van der Waals surface area contributed by atoms with Gasteiger partial charge < -0.3 is 0 Å². The number of pyridine rings is 1. The minimum absolute atomic E-state index is 0.156. The predicted octanol–water partition coefficient (Wildman–Crippen LogP) is 3.90. The number of nitrogens with zero attached hydrogens (tertiary/aromatic N) is 1. The Morgan fingerprint density at radius 1 is 1.18 bits per heavy atom. The molecule has 0 bridgehead atoms. The molecule has 0 aliphatic carbocycles. The molecule has 17 heavy (non-hydrogen) atoms. The average molecular weight is 266 g/mol. The molecule has 0 aliphatic rings. The quantitative estimate of drug-likeness (QED) is 0.623. The number of ketones is 1. The number of benzene rings is 1. The molecule has 0 amide bonds. The molecule has 1 aromatic carbocycles. The lowest BCUT2D eigenvalue weighted by Gasteiger charge is -2.08. The highest BCUT2D eigenvalue weighted by atomic mass is 35.5. The van der Waals surface area contributed by atoms with Crippen molar-refractivity contribution in [2.24, 2.45) is 0 Å². The summed E-state index contributed by atoms with van der Waals surface area (Å²) in [4.78, 5) is 16.0. The van der Waals surface area contributed by atoms with E-state index in [1.165, 1.54) is 0 Å².